The molecule has 0 unspecified atom stereocenters. The second kappa shape index (κ2) is 8.11. The molecule has 0 radical (unpaired) electrons. The summed E-state index contributed by atoms with van der Waals surface area (Å²) < 4.78 is 1.40. The van der Waals surface area contributed by atoms with Crippen LogP contribution in [0.3, 0.4) is 0 Å². The first-order valence-corrected chi connectivity index (χ1v) is 8.20. The summed E-state index contributed by atoms with van der Waals surface area (Å²) in [6.45, 7) is 11.1. The van der Waals surface area contributed by atoms with Crippen molar-refractivity contribution in [1.29, 1.82) is 0 Å². The van der Waals surface area contributed by atoms with Gasteiger partial charge in [0.25, 0.3) is 0 Å². The molecule has 0 amide bonds. The van der Waals surface area contributed by atoms with Crippen LogP contribution in [0.4, 0.5) is 0 Å². The summed E-state index contributed by atoms with van der Waals surface area (Å²) in [5, 5.41) is 1.39. The van der Waals surface area contributed by atoms with Crippen LogP contribution in [-0.4, -0.2) is 12.3 Å². The maximum absolute atomic E-state index is 4.61. The third-order valence-electron chi connectivity index (χ3n) is 2.94. The zero-order valence-corrected chi connectivity index (χ0v) is 13.6. The van der Waals surface area contributed by atoms with Crippen LogP contribution in [0.5, 0.6) is 0 Å². The zero-order chi connectivity index (χ0) is 14.3. The smallest absolute Gasteiger partial charge is 0.0407 e. The number of aliphatic imine (C=N–C) groups is 1. The second-order valence-electron chi connectivity index (χ2n) is 3.97. The quantitative estimate of drug-likeness (QED) is 0.584. The number of hydrogen-bond acceptors (Lipinski definition) is 2. The fourth-order valence-electron chi connectivity index (χ4n) is 2.23. The highest BCUT2D eigenvalue weighted by Gasteiger charge is 2.15. The highest BCUT2D eigenvalue weighted by atomic mass is 32.1. The molecule has 1 aliphatic rings. The lowest BCUT2D eigenvalue weighted by Gasteiger charge is -1.98. The second-order valence-corrected chi connectivity index (χ2v) is 5.10. The third-order valence-corrected chi connectivity index (χ3v) is 4.17. The van der Waals surface area contributed by atoms with Gasteiger partial charge in [-0.2, -0.15) is 0 Å². The standard InChI is InChI=1S/C13H13NS.2C2H6/c1-9-13-10-5-2-3-6-11(10)15-12(13)7-4-8-14-9;2*1-2/h2-3,5-6H,4,7-8H2,1H3;2*1-2H3. The molecular weight excluding hydrogens is 250 g/mol. The van der Waals surface area contributed by atoms with E-state index in [1.807, 2.05) is 39.0 Å². The molecule has 0 fully saturated rings. The Kier molecular flexibility index (Phi) is 6.79. The molecule has 0 saturated heterocycles. The Morgan fingerprint density at radius 2 is 1.74 bits per heavy atom. The van der Waals surface area contributed by atoms with Gasteiger partial charge in [-0.15, -0.1) is 11.3 Å². The molecule has 0 spiro atoms. The lowest BCUT2D eigenvalue weighted by Crippen LogP contribution is -1.94. The van der Waals surface area contributed by atoms with Gasteiger partial charge in [-0.3, -0.25) is 4.99 Å². The lowest BCUT2D eigenvalue weighted by atomic mass is 10.1. The Morgan fingerprint density at radius 1 is 1.05 bits per heavy atom. The number of thiophene rings is 1. The lowest BCUT2D eigenvalue weighted by molar-refractivity contribution is 0.854. The Bertz CT molecular complexity index is 537. The van der Waals surface area contributed by atoms with Crippen LogP contribution >= 0.6 is 11.3 Å². The van der Waals surface area contributed by atoms with Gasteiger partial charge in [-0.1, -0.05) is 45.9 Å². The van der Waals surface area contributed by atoms with Crippen molar-refractivity contribution in [2.45, 2.75) is 47.5 Å². The molecule has 2 heteroatoms. The van der Waals surface area contributed by atoms with E-state index < -0.39 is 0 Å². The van der Waals surface area contributed by atoms with Crippen LogP contribution in [0.25, 0.3) is 10.1 Å². The van der Waals surface area contributed by atoms with Crippen LogP contribution in [-0.2, 0) is 6.42 Å². The van der Waals surface area contributed by atoms with Crippen molar-refractivity contribution in [3.8, 4) is 0 Å². The van der Waals surface area contributed by atoms with Gasteiger partial charge >= 0.3 is 0 Å². The van der Waals surface area contributed by atoms with Gasteiger partial charge in [-0.25, -0.2) is 0 Å². The minimum Gasteiger partial charge on any atom is -0.289 e. The predicted molar refractivity (Wildman–Crippen MR) is 89.9 cm³/mol. The van der Waals surface area contributed by atoms with Crippen molar-refractivity contribution in [3.63, 3.8) is 0 Å². The van der Waals surface area contributed by atoms with E-state index in [0.29, 0.717) is 0 Å². The van der Waals surface area contributed by atoms with Crippen LogP contribution in [0.1, 0.15) is 51.5 Å². The monoisotopic (exact) mass is 275 g/mol. The molecule has 0 saturated carbocycles. The van der Waals surface area contributed by atoms with E-state index in [9.17, 15) is 0 Å². The summed E-state index contributed by atoms with van der Waals surface area (Å²) in [5.41, 5.74) is 2.63. The summed E-state index contributed by atoms with van der Waals surface area (Å²) in [6, 6.07) is 8.66. The van der Waals surface area contributed by atoms with Crippen LogP contribution in [0.15, 0.2) is 29.3 Å². The van der Waals surface area contributed by atoms with Gasteiger partial charge in [0.1, 0.15) is 0 Å². The van der Waals surface area contributed by atoms with E-state index >= 15 is 0 Å². The molecule has 0 N–H and O–H groups in total. The number of rotatable bonds is 0. The Morgan fingerprint density at radius 3 is 2.47 bits per heavy atom. The Balaban J connectivity index is 0.000000415. The first-order valence-electron chi connectivity index (χ1n) is 7.38. The zero-order valence-electron chi connectivity index (χ0n) is 12.8. The summed E-state index contributed by atoms with van der Waals surface area (Å²) in [7, 11) is 0. The van der Waals surface area contributed by atoms with E-state index in [1.165, 1.54) is 39.1 Å². The molecule has 2 aromatic rings. The molecule has 19 heavy (non-hydrogen) atoms. The molecule has 0 aliphatic carbocycles. The molecule has 2 heterocycles. The van der Waals surface area contributed by atoms with Gasteiger partial charge in [0, 0.05) is 32.8 Å². The fraction of sp³-hybridized carbons (Fsp3) is 0.471. The van der Waals surface area contributed by atoms with Crippen molar-refractivity contribution >= 4 is 27.1 Å². The van der Waals surface area contributed by atoms with Crippen molar-refractivity contribution in [1.82, 2.24) is 0 Å². The third kappa shape index (κ3) is 3.44. The maximum atomic E-state index is 4.61. The van der Waals surface area contributed by atoms with Gasteiger partial charge in [0.15, 0.2) is 0 Å². The molecule has 0 bridgehead atoms. The molecule has 1 aromatic heterocycles. The van der Waals surface area contributed by atoms with E-state index in [4.69, 9.17) is 0 Å². The molecule has 1 aromatic carbocycles. The number of aryl methyl sites for hydroxylation is 1. The van der Waals surface area contributed by atoms with E-state index in [0.717, 1.165) is 6.54 Å². The molecule has 1 aliphatic heterocycles. The van der Waals surface area contributed by atoms with E-state index in [-0.39, 0.29) is 0 Å². The molecular formula is C17H25NS. The summed E-state index contributed by atoms with van der Waals surface area (Å²) in [4.78, 5) is 6.13. The van der Waals surface area contributed by atoms with Gasteiger partial charge in [-0.05, 0) is 25.8 Å². The number of hydrogen-bond donors (Lipinski definition) is 0. The number of fused-ring (bicyclic) bond motifs is 3. The first-order chi connectivity index (χ1) is 9.36. The topological polar surface area (TPSA) is 12.4 Å². The highest BCUT2D eigenvalue weighted by molar-refractivity contribution is 7.19. The largest absolute Gasteiger partial charge is 0.289 e. The molecule has 0 atom stereocenters. The SMILES string of the molecule is CC.CC.CC1=NCCCc2sc3ccccc3c21. The predicted octanol–water partition coefficient (Wildman–Crippen LogP) is 5.71. The van der Waals surface area contributed by atoms with Crippen molar-refractivity contribution in [3.05, 3.63) is 34.7 Å². The minimum atomic E-state index is 0.988. The van der Waals surface area contributed by atoms with Gasteiger partial charge < -0.3 is 0 Å². The highest BCUT2D eigenvalue weighted by Crippen LogP contribution is 2.33. The van der Waals surface area contributed by atoms with Crippen LogP contribution in [0, 0.1) is 0 Å². The van der Waals surface area contributed by atoms with Crippen LogP contribution < -0.4 is 0 Å². The molecule has 3 rings (SSSR count). The summed E-state index contributed by atoms with van der Waals surface area (Å²) in [5.74, 6) is 0. The summed E-state index contributed by atoms with van der Waals surface area (Å²) >= 11 is 1.94. The van der Waals surface area contributed by atoms with Crippen LogP contribution in [0.2, 0.25) is 0 Å². The average Bonchev–Trinajstić information content (AvgIpc) is 2.76. The normalized spacial score (nSPS) is 13.2. The first kappa shape index (κ1) is 15.9. The maximum Gasteiger partial charge on any atom is 0.0407 e. The molecule has 104 valence electrons. The molecule has 1 nitrogen and oxygen atoms in total. The van der Waals surface area contributed by atoms with Crippen molar-refractivity contribution in [2.24, 2.45) is 4.99 Å². The van der Waals surface area contributed by atoms with Crippen molar-refractivity contribution in [2.75, 3.05) is 6.54 Å². The van der Waals surface area contributed by atoms with E-state index in [2.05, 4.69) is 36.2 Å². The van der Waals surface area contributed by atoms with Crippen molar-refractivity contribution < 1.29 is 0 Å². The van der Waals surface area contributed by atoms with Gasteiger partial charge in [0.05, 0.1) is 0 Å². The minimum absolute atomic E-state index is 0.988. The fourth-order valence-corrected chi connectivity index (χ4v) is 3.53. The number of benzene rings is 1. The number of nitrogens with zero attached hydrogens (tertiary/aromatic N) is 1. The Labute approximate surface area is 121 Å². The van der Waals surface area contributed by atoms with Gasteiger partial charge in [0.2, 0.25) is 0 Å². The Hall–Kier alpha value is -1.15. The average molecular weight is 275 g/mol. The van der Waals surface area contributed by atoms with E-state index in [1.54, 1.807) is 0 Å². The summed E-state index contributed by atoms with van der Waals surface area (Å²) in [6.07, 6.45) is 2.38.